The summed E-state index contributed by atoms with van der Waals surface area (Å²) in [7, 11) is 0. The largest absolute Gasteiger partial charge is 0.345 e. The van der Waals surface area contributed by atoms with Gasteiger partial charge in [-0.2, -0.15) is 0 Å². The van der Waals surface area contributed by atoms with E-state index in [0.717, 1.165) is 22.6 Å². The maximum Gasteiger partial charge on any atom is 0.274 e. The minimum Gasteiger partial charge on any atom is -0.345 e. The molecule has 26 heavy (non-hydrogen) atoms. The predicted molar refractivity (Wildman–Crippen MR) is 97.2 cm³/mol. The van der Waals surface area contributed by atoms with Gasteiger partial charge in [-0.15, -0.1) is 5.10 Å². The number of imidazole rings is 1. The molecule has 130 valence electrons. The second kappa shape index (κ2) is 6.44. The van der Waals surface area contributed by atoms with Gasteiger partial charge in [0, 0.05) is 12.4 Å². The highest BCUT2D eigenvalue weighted by molar-refractivity contribution is 5.93. The van der Waals surface area contributed by atoms with Crippen molar-refractivity contribution in [3.05, 3.63) is 77.5 Å². The highest BCUT2D eigenvalue weighted by Crippen LogP contribution is 2.13. The first-order valence-electron chi connectivity index (χ1n) is 8.32. The van der Waals surface area contributed by atoms with Crippen molar-refractivity contribution < 1.29 is 4.79 Å². The number of hydrogen-bond donors (Lipinski definition) is 1. The van der Waals surface area contributed by atoms with Gasteiger partial charge in [-0.25, -0.2) is 9.67 Å². The number of nitrogens with one attached hydrogen (secondary N) is 1. The van der Waals surface area contributed by atoms with Crippen LogP contribution in [0.3, 0.4) is 0 Å². The summed E-state index contributed by atoms with van der Waals surface area (Å²) in [6.07, 6.45) is 3.82. The monoisotopic (exact) mass is 346 g/mol. The molecule has 0 radical (unpaired) electrons. The average Bonchev–Trinajstić information content (AvgIpc) is 3.23. The molecule has 0 bridgehead atoms. The number of aryl methyl sites for hydroxylation is 1. The molecule has 1 amide bonds. The van der Waals surface area contributed by atoms with Crippen molar-refractivity contribution in [3.8, 4) is 5.69 Å². The van der Waals surface area contributed by atoms with Gasteiger partial charge in [0.1, 0.15) is 5.65 Å². The average molecular weight is 346 g/mol. The smallest absolute Gasteiger partial charge is 0.274 e. The molecule has 0 saturated carbocycles. The zero-order valence-electron chi connectivity index (χ0n) is 14.5. The normalized spacial score (nSPS) is 11.0. The van der Waals surface area contributed by atoms with Crippen molar-refractivity contribution in [2.75, 3.05) is 0 Å². The Balaban J connectivity index is 1.50. The van der Waals surface area contributed by atoms with Crippen molar-refractivity contribution in [2.45, 2.75) is 20.4 Å². The highest BCUT2D eigenvalue weighted by Gasteiger charge is 2.17. The maximum absolute atomic E-state index is 12.5. The van der Waals surface area contributed by atoms with Gasteiger partial charge in [-0.3, -0.25) is 4.79 Å². The Labute approximate surface area is 150 Å². The molecule has 7 heteroatoms. The summed E-state index contributed by atoms with van der Waals surface area (Å²) in [5, 5.41) is 11.0. The second-order valence-electron chi connectivity index (χ2n) is 6.15. The summed E-state index contributed by atoms with van der Waals surface area (Å²) < 4.78 is 3.58. The van der Waals surface area contributed by atoms with E-state index in [1.807, 2.05) is 73.1 Å². The quantitative estimate of drug-likeness (QED) is 0.616. The lowest BCUT2D eigenvalue weighted by Crippen LogP contribution is -2.24. The Morgan fingerprint density at radius 1 is 1.12 bits per heavy atom. The van der Waals surface area contributed by atoms with E-state index in [1.165, 1.54) is 0 Å². The second-order valence-corrected chi connectivity index (χ2v) is 6.15. The highest BCUT2D eigenvalue weighted by atomic mass is 16.2. The first-order chi connectivity index (χ1) is 12.6. The Hall–Kier alpha value is -3.48. The molecule has 3 aromatic heterocycles. The van der Waals surface area contributed by atoms with Crippen molar-refractivity contribution in [3.63, 3.8) is 0 Å². The molecule has 1 N–H and O–H groups in total. The van der Waals surface area contributed by atoms with Gasteiger partial charge in [0.05, 0.1) is 23.6 Å². The molecule has 0 unspecified atom stereocenters. The Bertz CT molecular complexity index is 1040. The van der Waals surface area contributed by atoms with Crippen molar-refractivity contribution in [2.24, 2.45) is 0 Å². The molecule has 4 rings (SSSR count). The van der Waals surface area contributed by atoms with Crippen LogP contribution in [0.4, 0.5) is 0 Å². The lowest BCUT2D eigenvalue weighted by atomic mass is 10.2. The minimum atomic E-state index is -0.266. The van der Waals surface area contributed by atoms with Crippen LogP contribution >= 0.6 is 0 Å². The topological polar surface area (TPSA) is 77.1 Å². The van der Waals surface area contributed by atoms with Crippen LogP contribution in [-0.2, 0) is 6.54 Å². The van der Waals surface area contributed by atoms with Crippen LogP contribution in [0.1, 0.15) is 27.4 Å². The van der Waals surface area contributed by atoms with E-state index in [2.05, 4.69) is 20.6 Å². The molecule has 0 aliphatic heterocycles. The van der Waals surface area contributed by atoms with E-state index >= 15 is 0 Å². The number of fused-ring (bicyclic) bond motifs is 1. The third-order valence-electron chi connectivity index (χ3n) is 4.23. The molecule has 4 aromatic rings. The van der Waals surface area contributed by atoms with Crippen LogP contribution in [0.5, 0.6) is 0 Å². The number of aromatic nitrogens is 5. The van der Waals surface area contributed by atoms with Gasteiger partial charge in [0.2, 0.25) is 0 Å². The third-order valence-corrected chi connectivity index (χ3v) is 4.23. The number of amides is 1. The minimum absolute atomic E-state index is 0.266. The zero-order valence-corrected chi connectivity index (χ0v) is 14.5. The lowest BCUT2D eigenvalue weighted by Gasteiger charge is -2.04. The summed E-state index contributed by atoms with van der Waals surface area (Å²) in [5.41, 5.74) is 4.68. The number of pyridine rings is 1. The number of rotatable bonds is 4. The van der Waals surface area contributed by atoms with E-state index in [1.54, 1.807) is 4.68 Å². The van der Waals surface area contributed by atoms with E-state index in [9.17, 15) is 4.79 Å². The van der Waals surface area contributed by atoms with Crippen LogP contribution in [0.2, 0.25) is 0 Å². The molecule has 3 heterocycles. The van der Waals surface area contributed by atoms with Crippen molar-refractivity contribution >= 4 is 11.6 Å². The maximum atomic E-state index is 12.5. The first kappa shape index (κ1) is 16.0. The van der Waals surface area contributed by atoms with Gasteiger partial charge in [-0.1, -0.05) is 29.0 Å². The zero-order chi connectivity index (χ0) is 18.1. The summed E-state index contributed by atoms with van der Waals surface area (Å²) in [4.78, 5) is 17.0. The van der Waals surface area contributed by atoms with Crippen LogP contribution in [0.25, 0.3) is 11.3 Å². The molecule has 0 fully saturated rings. The van der Waals surface area contributed by atoms with Gasteiger partial charge in [0.25, 0.3) is 5.91 Å². The third kappa shape index (κ3) is 2.95. The van der Waals surface area contributed by atoms with E-state index in [4.69, 9.17) is 0 Å². The van der Waals surface area contributed by atoms with Crippen LogP contribution in [0.15, 0.2) is 54.9 Å². The van der Waals surface area contributed by atoms with Crippen molar-refractivity contribution in [1.29, 1.82) is 0 Å². The predicted octanol–water partition coefficient (Wildman–Crippen LogP) is 2.46. The van der Waals surface area contributed by atoms with Crippen molar-refractivity contribution in [1.82, 2.24) is 29.7 Å². The number of benzene rings is 1. The Morgan fingerprint density at radius 2 is 1.92 bits per heavy atom. The molecule has 0 atom stereocenters. The molecule has 1 aromatic carbocycles. The molecule has 0 aliphatic carbocycles. The van der Waals surface area contributed by atoms with Gasteiger partial charge in [0.15, 0.2) is 5.69 Å². The summed E-state index contributed by atoms with van der Waals surface area (Å²) in [6.45, 7) is 4.19. The fourth-order valence-corrected chi connectivity index (χ4v) is 2.80. The van der Waals surface area contributed by atoms with E-state index in [-0.39, 0.29) is 5.91 Å². The number of carbonyl (C=O) groups is 1. The fraction of sp³-hybridized carbons (Fsp3) is 0.158. The summed E-state index contributed by atoms with van der Waals surface area (Å²) >= 11 is 0. The molecular formula is C19H18N6O. The SMILES string of the molecule is Cc1ccc(-n2nnc(C(=O)NCc3cn4ccccc4n3)c2C)cc1. The Morgan fingerprint density at radius 3 is 2.69 bits per heavy atom. The van der Waals surface area contributed by atoms with E-state index in [0.29, 0.717) is 17.9 Å². The van der Waals surface area contributed by atoms with Crippen LogP contribution < -0.4 is 5.32 Å². The molecule has 0 aliphatic rings. The molecule has 0 spiro atoms. The Kier molecular flexibility index (Phi) is 3.96. The van der Waals surface area contributed by atoms with Gasteiger partial charge < -0.3 is 9.72 Å². The fourth-order valence-electron chi connectivity index (χ4n) is 2.80. The number of nitrogens with zero attached hydrogens (tertiary/aromatic N) is 5. The first-order valence-corrected chi connectivity index (χ1v) is 8.32. The van der Waals surface area contributed by atoms with Crippen LogP contribution in [-0.4, -0.2) is 30.3 Å². The molecule has 7 nitrogen and oxygen atoms in total. The summed E-state index contributed by atoms with van der Waals surface area (Å²) in [5.74, 6) is -0.266. The molecular weight excluding hydrogens is 328 g/mol. The van der Waals surface area contributed by atoms with Gasteiger partial charge >= 0.3 is 0 Å². The lowest BCUT2D eigenvalue weighted by molar-refractivity contribution is 0.0944. The van der Waals surface area contributed by atoms with Gasteiger partial charge in [-0.05, 0) is 38.1 Å². The number of hydrogen-bond acceptors (Lipinski definition) is 4. The van der Waals surface area contributed by atoms with Crippen LogP contribution in [0, 0.1) is 13.8 Å². The standard InChI is InChI=1S/C19H18N6O/c1-13-6-8-16(9-7-13)25-14(2)18(22-23-25)19(26)20-11-15-12-24-10-4-3-5-17(24)21-15/h3-10,12H,11H2,1-2H3,(H,20,26). The van der Waals surface area contributed by atoms with E-state index < -0.39 is 0 Å². The summed E-state index contributed by atoms with van der Waals surface area (Å²) in [6, 6.07) is 13.7. The number of carbonyl (C=O) groups excluding carboxylic acids is 1. The molecule has 0 saturated heterocycles.